The first-order valence-corrected chi connectivity index (χ1v) is 7.25. The number of nitrogens with one attached hydrogen (secondary N) is 1. The number of carboxylic acids is 1. The van der Waals surface area contributed by atoms with Crippen LogP contribution in [-0.2, 0) is 9.53 Å². The number of hydrogen-bond acceptors (Lipinski definition) is 4. The lowest BCUT2D eigenvalue weighted by Crippen LogP contribution is -2.53. The lowest BCUT2D eigenvalue weighted by molar-refractivity contribution is -0.141. The molecule has 1 saturated carbocycles. The Labute approximate surface area is 115 Å². The van der Waals surface area contributed by atoms with Crippen LogP contribution >= 0.6 is 0 Å². The lowest BCUT2D eigenvalue weighted by Gasteiger charge is -2.42. The third-order valence-corrected chi connectivity index (χ3v) is 3.69. The molecule has 0 bridgehead atoms. The molecule has 5 heteroatoms. The van der Waals surface area contributed by atoms with Crippen LogP contribution in [0.25, 0.3) is 0 Å². The second kappa shape index (κ2) is 5.77. The van der Waals surface area contributed by atoms with E-state index in [4.69, 9.17) is 4.74 Å². The summed E-state index contributed by atoms with van der Waals surface area (Å²) in [5, 5.41) is 12.4. The number of carbonyl (C=O) groups is 1. The van der Waals surface area contributed by atoms with Gasteiger partial charge in [0.1, 0.15) is 6.04 Å². The first kappa shape index (κ1) is 14.8. The van der Waals surface area contributed by atoms with Gasteiger partial charge in [0.15, 0.2) is 0 Å². The van der Waals surface area contributed by atoms with Gasteiger partial charge in [0.05, 0.1) is 11.7 Å². The van der Waals surface area contributed by atoms with Gasteiger partial charge in [-0.25, -0.2) is 0 Å². The highest BCUT2D eigenvalue weighted by Crippen LogP contribution is 2.22. The minimum atomic E-state index is -0.729. The Bertz CT molecular complexity index is 329. The quantitative estimate of drug-likeness (QED) is 0.756. The van der Waals surface area contributed by atoms with Crippen LogP contribution < -0.4 is 5.32 Å². The number of morpholine rings is 1. The van der Waals surface area contributed by atoms with Crippen molar-refractivity contribution in [3.63, 3.8) is 0 Å². The van der Waals surface area contributed by atoms with E-state index in [-0.39, 0.29) is 11.7 Å². The first-order valence-electron chi connectivity index (χ1n) is 7.25. The van der Waals surface area contributed by atoms with Crippen molar-refractivity contribution in [2.45, 2.75) is 63.8 Å². The molecule has 1 aliphatic carbocycles. The predicted octanol–water partition coefficient (Wildman–Crippen LogP) is 1.08. The Morgan fingerprint density at radius 1 is 1.53 bits per heavy atom. The molecule has 2 rings (SSSR count). The fourth-order valence-corrected chi connectivity index (χ4v) is 2.88. The Kier molecular flexibility index (Phi) is 4.48. The summed E-state index contributed by atoms with van der Waals surface area (Å²) in [4.78, 5) is 13.5. The molecule has 110 valence electrons. The Balaban J connectivity index is 1.80. The van der Waals surface area contributed by atoms with E-state index >= 15 is 0 Å². The van der Waals surface area contributed by atoms with Crippen LogP contribution in [0.1, 0.15) is 40.0 Å². The van der Waals surface area contributed by atoms with Crippen molar-refractivity contribution in [2.24, 2.45) is 0 Å². The molecule has 0 aromatic rings. The number of rotatable bonds is 6. The zero-order valence-electron chi connectivity index (χ0n) is 12.2. The van der Waals surface area contributed by atoms with Crippen molar-refractivity contribution in [1.29, 1.82) is 0 Å². The third kappa shape index (κ3) is 4.75. The second-order valence-corrected chi connectivity index (χ2v) is 6.54. The normalized spacial score (nSPS) is 29.1. The molecule has 0 aromatic carbocycles. The van der Waals surface area contributed by atoms with E-state index in [0.717, 1.165) is 32.5 Å². The van der Waals surface area contributed by atoms with Gasteiger partial charge in [0.2, 0.25) is 0 Å². The van der Waals surface area contributed by atoms with Crippen molar-refractivity contribution in [3.05, 3.63) is 0 Å². The van der Waals surface area contributed by atoms with Crippen LogP contribution in [0.3, 0.4) is 0 Å². The highest BCUT2D eigenvalue weighted by molar-refractivity contribution is 5.73. The second-order valence-electron chi connectivity index (χ2n) is 6.54. The van der Waals surface area contributed by atoms with E-state index in [0.29, 0.717) is 12.5 Å². The van der Waals surface area contributed by atoms with Gasteiger partial charge in [-0.05, 0) is 40.0 Å². The number of ether oxygens (including phenoxy) is 1. The van der Waals surface area contributed by atoms with Crippen LogP contribution in [0, 0.1) is 0 Å². The summed E-state index contributed by atoms with van der Waals surface area (Å²) >= 11 is 0. The minimum absolute atomic E-state index is 0.139. The summed E-state index contributed by atoms with van der Waals surface area (Å²) in [5.74, 6) is -0.729. The van der Waals surface area contributed by atoms with E-state index in [1.54, 1.807) is 0 Å². The minimum Gasteiger partial charge on any atom is -0.480 e. The first-order chi connectivity index (χ1) is 8.85. The maximum atomic E-state index is 11.2. The van der Waals surface area contributed by atoms with Crippen molar-refractivity contribution < 1.29 is 14.6 Å². The van der Waals surface area contributed by atoms with Crippen molar-refractivity contribution in [3.8, 4) is 0 Å². The molecular weight excluding hydrogens is 244 g/mol. The summed E-state index contributed by atoms with van der Waals surface area (Å²) in [7, 11) is 0. The van der Waals surface area contributed by atoms with E-state index in [9.17, 15) is 9.90 Å². The molecule has 2 aliphatic rings. The molecule has 1 heterocycles. The molecule has 0 radical (unpaired) electrons. The molecule has 2 fully saturated rings. The molecule has 2 unspecified atom stereocenters. The third-order valence-electron chi connectivity index (χ3n) is 3.69. The zero-order valence-corrected chi connectivity index (χ0v) is 12.2. The van der Waals surface area contributed by atoms with Crippen molar-refractivity contribution in [2.75, 3.05) is 19.6 Å². The highest BCUT2D eigenvalue weighted by Gasteiger charge is 2.33. The molecule has 0 spiro atoms. The van der Waals surface area contributed by atoms with E-state index in [1.165, 1.54) is 0 Å². The van der Waals surface area contributed by atoms with Gasteiger partial charge in [-0.2, -0.15) is 0 Å². The van der Waals surface area contributed by atoms with Crippen molar-refractivity contribution in [1.82, 2.24) is 10.2 Å². The summed E-state index contributed by atoms with van der Waals surface area (Å²) in [6, 6.07) is 0.0231. The lowest BCUT2D eigenvalue weighted by atomic mass is 10.0. The predicted molar refractivity (Wildman–Crippen MR) is 73.3 cm³/mol. The maximum absolute atomic E-state index is 11.2. The molecule has 2 atom stereocenters. The maximum Gasteiger partial charge on any atom is 0.320 e. The Morgan fingerprint density at radius 3 is 2.74 bits per heavy atom. The highest BCUT2D eigenvalue weighted by atomic mass is 16.5. The molecule has 5 nitrogen and oxygen atoms in total. The fourth-order valence-electron chi connectivity index (χ4n) is 2.88. The topological polar surface area (TPSA) is 61.8 Å². The van der Waals surface area contributed by atoms with Crippen LogP contribution in [-0.4, -0.2) is 59.4 Å². The van der Waals surface area contributed by atoms with Crippen LogP contribution in [0.5, 0.6) is 0 Å². The number of carboxylic acid groups (broad SMARTS) is 1. The van der Waals surface area contributed by atoms with E-state index in [2.05, 4.69) is 31.0 Å². The van der Waals surface area contributed by atoms with E-state index in [1.807, 2.05) is 0 Å². The fraction of sp³-hybridized carbons (Fsp3) is 0.929. The van der Waals surface area contributed by atoms with Gasteiger partial charge in [0.25, 0.3) is 0 Å². The van der Waals surface area contributed by atoms with Crippen LogP contribution in [0.15, 0.2) is 0 Å². The Hall–Kier alpha value is -0.650. The molecule has 0 aromatic heterocycles. The van der Waals surface area contributed by atoms with Gasteiger partial charge in [-0.15, -0.1) is 0 Å². The van der Waals surface area contributed by atoms with Gasteiger partial charge >= 0.3 is 5.97 Å². The van der Waals surface area contributed by atoms with Gasteiger partial charge < -0.3 is 15.2 Å². The smallest absolute Gasteiger partial charge is 0.320 e. The van der Waals surface area contributed by atoms with Gasteiger partial charge in [-0.1, -0.05) is 0 Å². The zero-order chi connectivity index (χ0) is 14.0. The number of hydrogen-bond donors (Lipinski definition) is 2. The van der Waals surface area contributed by atoms with Crippen LogP contribution in [0.2, 0.25) is 0 Å². The largest absolute Gasteiger partial charge is 0.480 e. The number of aliphatic carboxylic acids is 1. The Morgan fingerprint density at radius 2 is 2.21 bits per heavy atom. The van der Waals surface area contributed by atoms with Crippen LogP contribution in [0.4, 0.5) is 0 Å². The average Bonchev–Trinajstić information content (AvgIpc) is 3.04. The summed E-state index contributed by atoms with van der Waals surface area (Å²) < 4.78 is 5.86. The average molecular weight is 270 g/mol. The van der Waals surface area contributed by atoms with Crippen molar-refractivity contribution >= 4 is 5.97 Å². The van der Waals surface area contributed by atoms with Gasteiger partial charge in [0, 0.05) is 25.7 Å². The number of nitrogens with zero attached hydrogens (tertiary/aromatic N) is 1. The molecule has 1 aliphatic heterocycles. The van der Waals surface area contributed by atoms with Gasteiger partial charge in [-0.3, -0.25) is 9.69 Å². The molecule has 2 N–H and O–H groups in total. The molecule has 19 heavy (non-hydrogen) atoms. The molecule has 1 saturated heterocycles. The summed E-state index contributed by atoms with van der Waals surface area (Å²) in [6.45, 7) is 8.82. The standard InChI is InChI=1S/C14H26N2O3/c1-10-8-16(9-14(2,3)19-10)7-6-12(13(17)18)15-11-4-5-11/h10-12,15H,4-9H2,1-3H3,(H,17,18). The molecule has 0 amide bonds. The van der Waals surface area contributed by atoms with E-state index < -0.39 is 12.0 Å². The summed E-state index contributed by atoms with van der Waals surface area (Å²) in [6.07, 6.45) is 3.11. The monoisotopic (exact) mass is 270 g/mol. The SMILES string of the molecule is CC1CN(CCC(NC2CC2)C(=O)O)CC(C)(C)O1. The molecular formula is C14H26N2O3. The summed E-state index contributed by atoms with van der Waals surface area (Å²) in [5.41, 5.74) is -0.139.